The van der Waals surface area contributed by atoms with Gasteiger partial charge in [0, 0.05) is 29.5 Å². The molecule has 1 aromatic rings. The second-order valence-corrected chi connectivity index (χ2v) is 7.83. The summed E-state index contributed by atoms with van der Waals surface area (Å²) >= 11 is 0. The van der Waals surface area contributed by atoms with Gasteiger partial charge in [-0.05, 0) is 30.6 Å². The number of hydrogen-bond donors (Lipinski definition) is 1. The van der Waals surface area contributed by atoms with E-state index in [0.717, 1.165) is 12.1 Å². The number of rotatable bonds is 4. The van der Waals surface area contributed by atoms with Crippen LogP contribution in [0.1, 0.15) is 19.3 Å². The Morgan fingerprint density at radius 1 is 1.27 bits per heavy atom. The van der Waals surface area contributed by atoms with Gasteiger partial charge in [0.2, 0.25) is 0 Å². The molecule has 1 N–H and O–H groups in total. The van der Waals surface area contributed by atoms with E-state index in [4.69, 9.17) is 10.00 Å². The molecule has 1 aliphatic carbocycles. The smallest absolute Gasteiger partial charge is 0.187 e. The number of hydrogen-bond acceptors (Lipinski definition) is 5. The van der Waals surface area contributed by atoms with Gasteiger partial charge in [0.25, 0.3) is 0 Å². The number of nitrogens with zero attached hydrogens (tertiary/aromatic N) is 1. The molecule has 0 spiro atoms. The highest BCUT2D eigenvalue weighted by molar-refractivity contribution is 7.95. The largest absolute Gasteiger partial charge is 0.457 e. The zero-order valence-electron chi connectivity index (χ0n) is 13.8. The lowest BCUT2D eigenvalue weighted by Gasteiger charge is -2.13. The first-order chi connectivity index (χ1) is 12.2. The van der Waals surface area contributed by atoms with Gasteiger partial charge < -0.3 is 9.84 Å². The second-order valence-electron chi connectivity index (χ2n) is 5.79. The number of ether oxygens (including phenoxy) is 1. The van der Waals surface area contributed by atoms with Crippen molar-refractivity contribution in [3.8, 4) is 11.8 Å². The third-order valence-electron chi connectivity index (χ3n) is 3.70. The molecule has 0 bridgehead atoms. The molecule has 1 aliphatic rings. The van der Waals surface area contributed by atoms with Crippen molar-refractivity contribution in [1.29, 1.82) is 5.26 Å². The maximum absolute atomic E-state index is 13.3. The molecule has 138 valence electrons. The third kappa shape index (κ3) is 5.25. The molecule has 0 aromatic heterocycles. The molecule has 26 heavy (non-hydrogen) atoms. The Balaban J connectivity index is 2.42. The van der Waals surface area contributed by atoms with E-state index >= 15 is 0 Å². The first-order valence-corrected chi connectivity index (χ1v) is 9.37. The van der Waals surface area contributed by atoms with E-state index in [2.05, 4.69) is 6.58 Å². The summed E-state index contributed by atoms with van der Waals surface area (Å²) in [4.78, 5) is -0.118. The number of sulfone groups is 1. The standard InChI is InChI=1S/C18H17F2NO4S/c1-12-2-3-15(22)11-17(26(23,24)7-6-21)4-5-18(12)25-16-9-13(19)8-14(20)10-16/h4-5,8-10,15,22H,1-3,7,11H2/b17-4+,18-5?. The van der Waals surface area contributed by atoms with E-state index < -0.39 is 33.3 Å². The van der Waals surface area contributed by atoms with Gasteiger partial charge in [-0.1, -0.05) is 6.58 Å². The maximum Gasteiger partial charge on any atom is 0.187 e. The molecule has 0 radical (unpaired) electrons. The zero-order chi connectivity index (χ0) is 19.3. The van der Waals surface area contributed by atoms with Gasteiger partial charge in [0.1, 0.15) is 28.9 Å². The average Bonchev–Trinajstić information content (AvgIpc) is 2.59. The third-order valence-corrected chi connectivity index (χ3v) is 5.31. The Labute approximate surface area is 150 Å². The molecule has 2 rings (SSSR count). The van der Waals surface area contributed by atoms with Crippen LogP contribution in [0.15, 0.2) is 53.2 Å². The van der Waals surface area contributed by atoms with E-state index in [-0.39, 0.29) is 29.3 Å². The van der Waals surface area contributed by atoms with Gasteiger partial charge in [0.15, 0.2) is 9.84 Å². The summed E-state index contributed by atoms with van der Waals surface area (Å²) in [5.74, 6) is -2.35. The number of aliphatic hydroxyl groups is 1. The van der Waals surface area contributed by atoms with E-state index in [1.54, 1.807) is 6.07 Å². The molecule has 5 nitrogen and oxygen atoms in total. The first kappa shape index (κ1) is 19.8. The monoisotopic (exact) mass is 381 g/mol. The molecule has 0 fully saturated rings. The normalized spacial score (nSPS) is 20.7. The van der Waals surface area contributed by atoms with Crippen LogP contribution < -0.4 is 4.74 Å². The lowest BCUT2D eigenvalue weighted by atomic mass is 10.1. The van der Waals surface area contributed by atoms with Crippen molar-refractivity contribution in [3.63, 3.8) is 0 Å². The summed E-state index contributed by atoms with van der Waals surface area (Å²) in [6.45, 7) is 3.81. The van der Waals surface area contributed by atoms with Crippen molar-refractivity contribution in [2.75, 3.05) is 5.75 Å². The minimum absolute atomic E-state index is 0.107. The number of benzene rings is 1. The number of allylic oxidation sites excluding steroid dienone is 3. The molecule has 0 saturated heterocycles. The summed E-state index contributed by atoms with van der Waals surface area (Å²) in [6.07, 6.45) is 1.96. The number of nitriles is 1. The molecule has 0 amide bonds. The van der Waals surface area contributed by atoms with E-state index in [1.165, 1.54) is 12.2 Å². The average molecular weight is 381 g/mol. The lowest BCUT2D eigenvalue weighted by molar-refractivity contribution is 0.166. The van der Waals surface area contributed by atoms with Crippen LogP contribution in [0, 0.1) is 23.0 Å². The number of halogens is 2. The zero-order valence-corrected chi connectivity index (χ0v) is 14.6. The summed E-state index contributed by atoms with van der Waals surface area (Å²) in [5, 5.41) is 18.7. The predicted molar refractivity (Wildman–Crippen MR) is 91.5 cm³/mol. The molecule has 0 saturated carbocycles. The van der Waals surface area contributed by atoms with E-state index in [9.17, 15) is 22.3 Å². The minimum Gasteiger partial charge on any atom is -0.457 e. The van der Waals surface area contributed by atoms with Gasteiger partial charge in [-0.15, -0.1) is 0 Å². The maximum atomic E-state index is 13.3. The molecular weight excluding hydrogens is 364 g/mol. The van der Waals surface area contributed by atoms with Gasteiger partial charge >= 0.3 is 0 Å². The van der Waals surface area contributed by atoms with Crippen molar-refractivity contribution in [2.24, 2.45) is 0 Å². The first-order valence-electron chi connectivity index (χ1n) is 7.72. The fraction of sp³-hybridized carbons (Fsp3) is 0.278. The Morgan fingerprint density at radius 3 is 2.54 bits per heavy atom. The van der Waals surface area contributed by atoms with Crippen LogP contribution in [0.3, 0.4) is 0 Å². The van der Waals surface area contributed by atoms with Crippen LogP contribution in [-0.4, -0.2) is 25.4 Å². The molecule has 1 atom stereocenters. The van der Waals surface area contributed by atoms with Crippen LogP contribution in [-0.2, 0) is 9.84 Å². The summed E-state index contributed by atoms with van der Waals surface area (Å²) in [5.41, 5.74) is 0.434. The lowest BCUT2D eigenvalue weighted by Crippen LogP contribution is -2.15. The number of aliphatic hydroxyl groups excluding tert-OH is 1. The molecule has 8 heteroatoms. The molecule has 1 aromatic carbocycles. The van der Waals surface area contributed by atoms with Crippen LogP contribution >= 0.6 is 0 Å². The van der Waals surface area contributed by atoms with Gasteiger partial charge in [-0.2, -0.15) is 5.26 Å². The van der Waals surface area contributed by atoms with Crippen molar-refractivity contribution in [2.45, 2.75) is 25.4 Å². The summed E-state index contributed by atoms with van der Waals surface area (Å²) < 4.78 is 56.4. The predicted octanol–water partition coefficient (Wildman–Crippen LogP) is 3.15. The van der Waals surface area contributed by atoms with Crippen molar-refractivity contribution in [3.05, 3.63) is 64.8 Å². The van der Waals surface area contributed by atoms with Crippen LogP contribution in [0.2, 0.25) is 0 Å². The minimum atomic E-state index is -3.86. The SMILES string of the molecule is C=C1CCC(O)C/C(S(=O)(=O)CC#N)=C\C=C1Oc1cc(F)cc(F)c1. The highest BCUT2D eigenvalue weighted by Gasteiger charge is 2.22. The van der Waals surface area contributed by atoms with Gasteiger partial charge in [-0.3, -0.25) is 0 Å². The fourth-order valence-electron chi connectivity index (χ4n) is 2.38. The summed E-state index contributed by atoms with van der Waals surface area (Å²) in [7, 11) is -3.86. The van der Waals surface area contributed by atoms with Crippen LogP contribution in [0.4, 0.5) is 8.78 Å². The molecule has 1 unspecified atom stereocenters. The quantitative estimate of drug-likeness (QED) is 0.866. The highest BCUT2D eigenvalue weighted by Crippen LogP contribution is 2.27. The molecule has 0 aliphatic heterocycles. The van der Waals surface area contributed by atoms with Crippen LogP contribution in [0.25, 0.3) is 0 Å². The Morgan fingerprint density at radius 2 is 1.92 bits per heavy atom. The van der Waals surface area contributed by atoms with E-state index in [0.29, 0.717) is 18.1 Å². The Kier molecular flexibility index (Phi) is 6.29. The van der Waals surface area contributed by atoms with Gasteiger partial charge in [0.05, 0.1) is 12.2 Å². The highest BCUT2D eigenvalue weighted by atomic mass is 32.2. The van der Waals surface area contributed by atoms with Crippen LogP contribution in [0.5, 0.6) is 5.75 Å². The Hall–Kier alpha value is -2.50. The molecular formula is C18H17F2NO4S. The second kappa shape index (κ2) is 8.25. The topological polar surface area (TPSA) is 87.4 Å². The van der Waals surface area contributed by atoms with E-state index in [1.807, 2.05) is 0 Å². The summed E-state index contributed by atoms with van der Waals surface area (Å²) in [6, 6.07) is 4.24. The van der Waals surface area contributed by atoms with Crippen molar-refractivity contribution < 1.29 is 27.0 Å². The Bertz CT molecular complexity index is 893. The fourth-order valence-corrected chi connectivity index (χ4v) is 3.46. The van der Waals surface area contributed by atoms with Gasteiger partial charge in [-0.25, -0.2) is 17.2 Å². The van der Waals surface area contributed by atoms with Crippen molar-refractivity contribution >= 4 is 9.84 Å². The van der Waals surface area contributed by atoms with Crippen molar-refractivity contribution in [1.82, 2.24) is 0 Å². The molecule has 0 heterocycles.